The van der Waals surface area contributed by atoms with Gasteiger partial charge in [-0.05, 0) is 31.0 Å². The van der Waals surface area contributed by atoms with Gasteiger partial charge in [-0.2, -0.15) is 5.10 Å². The lowest BCUT2D eigenvalue weighted by atomic mass is 10.1. The first kappa shape index (κ1) is 19.5. The highest BCUT2D eigenvalue weighted by Crippen LogP contribution is 2.22. The van der Waals surface area contributed by atoms with Crippen LogP contribution in [0.15, 0.2) is 53.6 Å². The standard InChI is InChI=1S/C19H17ClN4O4/c20-16-5-2-1-4-14(16)12-21-22-18(25)17-6-3-11-23(17)19(26)13-7-9-15(10-8-13)24(27)28/h1-2,4-5,7-10,12,17H,3,6,11H2,(H,22,25)/b21-12-/t17-/m0/s1. The molecule has 0 radical (unpaired) electrons. The molecule has 144 valence electrons. The number of carbonyl (C=O) groups is 2. The number of hydrogen-bond acceptors (Lipinski definition) is 5. The predicted octanol–water partition coefficient (Wildman–Crippen LogP) is 3.00. The molecule has 0 bridgehead atoms. The Morgan fingerprint density at radius 1 is 1.21 bits per heavy atom. The van der Waals surface area contributed by atoms with Crippen molar-refractivity contribution in [1.82, 2.24) is 10.3 Å². The first-order chi connectivity index (χ1) is 13.5. The first-order valence-corrected chi connectivity index (χ1v) is 8.98. The minimum Gasteiger partial charge on any atom is -0.327 e. The van der Waals surface area contributed by atoms with Gasteiger partial charge in [-0.25, -0.2) is 5.43 Å². The van der Waals surface area contributed by atoms with E-state index in [1.807, 2.05) is 0 Å². The fourth-order valence-electron chi connectivity index (χ4n) is 2.99. The van der Waals surface area contributed by atoms with Crippen LogP contribution in [0.5, 0.6) is 0 Å². The molecule has 9 heteroatoms. The smallest absolute Gasteiger partial charge is 0.269 e. The van der Waals surface area contributed by atoms with Crippen LogP contribution in [0.1, 0.15) is 28.8 Å². The van der Waals surface area contributed by atoms with E-state index in [0.717, 1.165) is 0 Å². The average molecular weight is 401 g/mol. The van der Waals surface area contributed by atoms with E-state index in [9.17, 15) is 19.7 Å². The van der Waals surface area contributed by atoms with Gasteiger partial charge in [0.2, 0.25) is 0 Å². The van der Waals surface area contributed by atoms with Crippen molar-refractivity contribution in [3.05, 3.63) is 74.8 Å². The van der Waals surface area contributed by atoms with Gasteiger partial charge in [-0.3, -0.25) is 19.7 Å². The second-order valence-corrected chi connectivity index (χ2v) is 6.62. The van der Waals surface area contributed by atoms with Crippen LogP contribution in [-0.2, 0) is 4.79 Å². The van der Waals surface area contributed by atoms with Crippen LogP contribution < -0.4 is 5.43 Å². The molecular formula is C19H17ClN4O4. The molecule has 0 saturated carbocycles. The number of hydrogen-bond donors (Lipinski definition) is 1. The fraction of sp³-hybridized carbons (Fsp3) is 0.211. The molecule has 1 aliphatic heterocycles. The van der Waals surface area contributed by atoms with Gasteiger partial charge in [0.1, 0.15) is 6.04 Å². The molecule has 2 amide bonds. The van der Waals surface area contributed by atoms with Gasteiger partial charge in [-0.1, -0.05) is 29.8 Å². The van der Waals surface area contributed by atoms with E-state index in [2.05, 4.69) is 10.5 Å². The molecule has 1 saturated heterocycles. The van der Waals surface area contributed by atoms with Crippen molar-refractivity contribution in [2.24, 2.45) is 5.10 Å². The Morgan fingerprint density at radius 3 is 2.61 bits per heavy atom. The highest BCUT2D eigenvalue weighted by molar-refractivity contribution is 6.33. The van der Waals surface area contributed by atoms with Crippen molar-refractivity contribution < 1.29 is 14.5 Å². The number of likely N-dealkylation sites (tertiary alicyclic amines) is 1. The van der Waals surface area contributed by atoms with E-state index in [1.165, 1.54) is 35.4 Å². The summed E-state index contributed by atoms with van der Waals surface area (Å²) < 4.78 is 0. The lowest BCUT2D eigenvalue weighted by Crippen LogP contribution is -2.44. The highest BCUT2D eigenvalue weighted by Gasteiger charge is 2.34. The summed E-state index contributed by atoms with van der Waals surface area (Å²) in [5.74, 6) is -0.737. The lowest BCUT2D eigenvalue weighted by Gasteiger charge is -2.23. The van der Waals surface area contributed by atoms with E-state index in [4.69, 9.17) is 11.6 Å². The minimum atomic E-state index is -0.647. The number of halogens is 1. The van der Waals surface area contributed by atoms with E-state index >= 15 is 0 Å². The first-order valence-electron chi connectivity index (χ1n) is 8.60. The largest absolute Gasteiger partial charge is 0.327 e. The Hall–Kier alpha value is -3.26. The van der Waals surface area contributed by atoms with E-state index in [1.54, 1.807) is 24.3 Å². The summed E-state index contributed by atoms with van der Waals surface area (Å²) in [6.07, 6.45) is 2.65. The highest BCUT2D eigenvalue weighted by atomic mass is 35.5. The van der Waals surface area contributed by atoms with Gasteiger partial charge in [-0.15, -0.1) is 0 Å². The molecular weight excluding hydrogens is 384 g/mol. The number of hydrazone groups is 1. The molecule has 0 aliphatic carbocycles. The van der Waals surface area contributed by atoms with Gasteiger partial charge in [0.05, 0.1) is 11.1 Å². The third kappa shape index (κ3) is 4.34. The summed E-state index contributed by atoms with van der Waals surface area (Å²) in [5.41, 5.74) is 3.31. The molecule has 8 nitrogen and oxygen atoms in total. The number of nitro benzene ring substituents is 1. The Labute approximate surface area is 165 Å². The van der Waals surface area contributed by atoms with Crippen molar-refractivity contribution in [2.75, 3.05) is 6.54 Å². The summed E-state index contributed by atoms with van der Waals surface area (Å²) in [5, 5.41) is 15.2. The molecule has 28 heavy (non-hydrogen) atoms. The SMILES string of the molecule is O=C(N/N=C\c1ccccc1Cl)[C@@H]1CCCN1C(=O)c1ccc([N+](=O)[O-])cc1. The summed E-state index contributed by atoms with van der Waals surface area (Å²) in [7, 11) is 0. The molecule has 0 unspecified atom stereocenters. The number of carbonyl (C=O) groups excluding carboxylic acids is 2. The van der Waals surface area contributed by atoms with E-state index in [0.29, 0.717) is 35.5 Å². The van der Waals surface area contributed by atoms with Gasteiger partial charge in [0.15, 0.2) is 0 Å². The van der Waals surface area contributed by atoms with Gasteiger partial charge in [0, 0.05) is 34.8 Å². The summed E-state index contributed by atoms with van der Waals surface area (Å²) >= 11 is 6.03. The zero-order chi connectivity index (χ0) is 20.1. The van der Waals surface area contributed by atoms with Gasteiger partial charge < -0.3 is 4.90 Å². The molecule has 1 N–H and O–H groups in total. The molecule has 0 aromatic heterocycles. The van der Waals surface area contributed by atoms with Crippen LogP contribution in [0, 0.1) is 10.1 Å². The Kier molecular flexibility index (Phi) is 6.00. The van der Waals surface area contributed by atoms with Crippen LogP contribution in [-0.4, -0.2) is 40.4 Å². The molecule has 1 fully saturated rings. The van der Waals surface area contributed by atoms with Gasteiger partial charge in [0.25, 0.3) is 17.5 Å². The fourth-order valence-corrected chi connectivity index (χ4v) is 3.18. The number of nitrogens with one attached hydrogen (secondary N) is 1. The Morgan fingerprint density at radius 2 is 1.93 bits per heavy atom. The molecule has 1 heterocycles. The van der Waals surface area contributed by atoms with Crippen molar-refractivity contribution >= 4 is 35.3 Å². The minimum absolute atomic E-state index is 0.0961. The van der Waals surface area contributed by atoms with Crippen LogP contribution in [0.25, 0.3) is 0 Å². The van der Waals surface area contributed by atoms with Crippen molar-refractivity contribution in [3.63, 3.8) is 0 Å². The summed E-state index contributed by atoms with van der Waals surface area (Å²) in [6.45, 7) is 0.433. The third-order valence-corrected chi connectivity index (χ3v) is 4.77. The monoisotopic (exact) mass is 400 g/mol. The maximum atomic E-state index is 12.7. The zero-order valence-electron chi connectivity index (χ0n) is 14.7. The molecule has 3 rings (SSSR count). The average Bonchev–Trinajstić information content (AvgIpc) is 3.19. The van der Waals surface area contributed by atoms with Crippen molar-refractivity contribution in [3.8, 4) is 0 Å². The maximum absolute atomic E-state index is 12.7. The molecule has 1 atom stereocenters. The number of nitro groups is 1. The number of rotatable bonds is 5. The maximum Gasteiger partial charge on any atom is 0.269 e. The van der Waals surface area contributed by atoms with Crippen LogP contribution in [0.3, 0.4) is 0 Å². The van der Waals surface area contributed by atoms with Crippen molar-refractivity contribution in [1.29, 1.82) is 0 Å². The number of non-ortho nitro benzene ring substituents is 1. The van der Waals surface area contributed by atoms with E-state index < -0.39 is 16.9 Å². The van der Waals surface area contributed by atoms with Crippen LogP contribution in [0.4, 0.5) is 5.69 Å². The summed E-state index contributed by atoms with van der Waals surface area (Å²) in [6, 6.07) is 11.7. The third-order valence-electron chi connectivity index (χ3n) is 4.42. The molecule has 2 aromatic rings. The predicted molar refractivity (Wildman–Crippen MR) is 104 cm³/mol. The van der Waals surface area contributed by atoms with Crippen molar-refractivity contribution in [2.45, 2.75) is 18.9 Å². The lowest BCUT2D eigenvalue weighted by molar-refractivity contribution is -0.384. The number of benzene rings is 2. The number of amides is 2. The van der Waals surface area contributed by atoms with Crippen LogP contribution >= 0.6 is 11.6 Å². The Bertz CT molecular complexity index is 930. The van der Waals surface area contributed by atoms with Crippen LogP contribution in [0.2, 0.25) is 5.02 Å². The normalized spacial score (nSPS) is 16.3. The quantitative estimate of drug-likeness (QED) is 0.473. The zero-order valence-corrected chi connectivity index (χ0v) is 15.5. The summed E-state index contributed by atoms with van der Waals surface area (Å²) in [4.78, 5) is 36.8. The number of nitrogens with zero attached hydrogens (tertiary/aromatic N) is 3. The topological polar surface area (TPSA) is 105 Å². The molecule has 1 aliphatic rings. The second kappa shape index (κ2) is 8.62. The van der Waals surface area contributed by atoms with E-state index in [-0.39, 0.29) is 11.6 Å². The van der Waals surface area contributed by atoms with Gasteiger partial charge >= 0.3 is 0 Å². The Balaban J connectivity index is 1.66. The second-order valence-electron chi connectivity index (χ2n) is 6.22. The molecule has 0 spiro atoms. The molecule has 2 aromatic carbocycles.